The summed E-state index contributed by atoms with van der Waals surface area (Å²) in [6.45, 7) is 3.49. The molecule has 1 aliphatic carbocycles. The number of nitrogens with zero attached hydrogens (tertiary/aromatic N) is 4. The van der Waals surface area contributed by atoms with Gasteiger partial charge in [-0.05, 0) is 50.2 Å². The summed E-state index contributed by atoms with van der Waals surface area (Å²) >= 11 is 0. The number of piperidine rings is 1. The van der Waals surface area contributed by atoms with Crippen LogP contribution in [-0.4, -0.2) is 42.0 Å². The van der Waals surface area contributed by atoms with Gasteiger partial charge in [-0.15, -0.1) is 0 Å². The van der Waals surface area contributed by atoms with Gasteiger partial charge in [-0.25, -0.2) is 4.98 Å². The van der Waals surface area contributed by atoms with E-state index in [-0.39, 0.29) is 5.41 Å². The maximum absolute atomic E-state index is 13.3. The first-order valence-corrected chi connectivity index (χ1v) is 10.1. The first-order valence-electron chi connectivity index (χ1n) is 10.1. The molecule has 138 valence electrons. The molecule has 26 heavy (non-hydrogen) atoms. The number of amides is 1. The van der Waals surface area contributed by atoms with E-state index in [1.807, 2.05) is 6.07 Å². The predicted octanol–water partition coefficient (Wildman–Crippen LogP) is 3.35. The molecule has 2 aliphatic heterocycles. The molecule has 3 aliphatic rings. The summed E-state index contributed by atoms with van der Waals surface area (Å²) < 4.78 is 0. The van der Waals surface area contributed by atoms with E-state index in [4.69, 9.17) is 5.26 Å². The molecule has 0 radical (unpaired) electrons. The van der Waals surface area contributed by atoms with E-state index < -0.39 is 0 Å². The van der Waals surface area contributed by atoms with Gasteiger partial charge in [-0.3, -0.25) is 4.79 Å². The highest BCUT2D eigenvalue weighted by atomic mass is 16.2. The smallest absolute Gasteiger partial charge is 0.230 e. The molecule has 1 atom stereocenters. The molecule has 1 aromatic heterocycles. The molecule has 3 heterocycles. The number of pyridine rings is 1. The Labute approximate surface area is 156 Å². The number of carbonyl (C=O) groups excluding carboxylic acids is 1. The Morgan fingerprint density at radius 3 is 2.85 bits per heavy atom. The largest absolute Gasteiger partial charge is 0.355 e. The van der Waals surface area contributed by atoms with E-state index in [0.717, 1.165) is 51.3 Å². The van der Waals surface area contributed by atoms with Crippen molar-refractivity contribution in [2.45, 2.75) is 51.4 Å². The minimum absolute atomic E-state index is 0.239. The molecule has 2 saturated heterocycles. The molecule has 5 nitrogen and oxygen atoms in total. The summed E-state index contributed by atoms with van der Waals surface area (Å²) in [5.74, 6) is 1.90. The zero-order chi connectivity index (χ0) is 18.0. The molecule has 5 heteroatoms. The quantitative estimate of drug-likeness (QED) is 0.837. The van der Waals surface area contributed by atoms with Crippen LogP contribution in [0.5, 0.6) is 0 Å². The van der Waals surface area contributed by atoms with E-state index in [0.29, 0.717) is 17.4 Å². The zero-order valence-electron chi connectivity index (χ0n) is 15.5. The van der Waals surface area contributed by atoms with Gasteiger partial charge in [0.1, 0.15) is 5.82 Å². The molecule has 3 fully saturated rings. The van der Waals surface area contributed by atoms with Crippen LogP contribution in [0.3, 0.4) is 0 Å². The van der Waals surface area contributed by atoms with Crippen molar-refractivity contribution in [3.05, 3.63) is 23.9 Å². The number of hydrogen-bond donors (Lipinski definition) is 0. The van der Waals surface area contributed by atoms with Gasteiger partial charge in [-0.1, -0.05) is 19.3 Å². The normalized spacial score (nSPS) is 27.1. The molecule has 1 spiro atoms. The molecule has 1 saturated carbocycles. The minimum Gasteiger partial charge on any atom is -0.355 e. The average Bonchev–Trinajstić information content (AvgIpc) is 3.12. The number of aromatic nitrogens is 1. The van der Waals surface area contributed by atoms with E-state index in [1.165, 1.54) is 32.1 Å². The van der Waals surface area contributed by atoms with E-state index in [1.54, 1.807) is 12.3 Å². The van der Waals surface area contributed by atoms with Gasteiger partial charge in [0.05, 0.1) is 17.0 Å². The van der Waals surface area contributed by atoms with Crippen LogP contribution in [0, 0.1) is 22.7 Å². The lowest BCUT2D eigenvalue weighted by molar-refractivity contribution is -0.145. The van der Waals surface area contributed by atoms with Crippen molar-refractivity contribution in [1.29, 1.82) is 5.26 Å². The number of hydrogen-bond acceptors (Lipinski definition) is 4. The van der Waals surface area contributed by atoms with Crippen molar-refractivity contribution in [1.82, 2.24) is 9.88 Å². The highest BCUT2D eigenvalue weighted by Crippen LogP contribution is 2.42. The summed E-state index contributed by atoms with van der Waals surface area (Å²) in [7, 11) is 0. The molecule has 0 N–H and O–H groups in total. The average molecular weight is 352 g/mol. The van der Waals surface area contributed by atoms with Crippen LogP contribution in [0.15, 0.2) is 18.3 Å². The molecular weight excluding hydrogens is 324 g/mol. The third-order valence-electron chi connectivity index (χ3n) is 6.58. The van der Waals surface area contributed by atoms with E-state index >= 15 is 0 Å². The summed E-state index contributed by atoms with van der Waals surface area (Å²) in [6.07, 6.45) is 11.3. The first kappa shape index (κ1) is 17.3. The van der Waals surface area contributed by atoms with Crippen LogP contribution in [-0.2, 0) is 4.79 Å². The Hall–Kier alpha value is -2.09. The summed E-state index contributed by atoms with van der Waals surface area (Å²) in [5, 5.41) is 9.12. The first-order chi connectivity index (χ1) is 12.7. The number of carbonyl (C=O) groups is 1. The number of likely N-dealkylation sites (tertiary alicyclic amines) is 1. The monoisotopic (exact) mass is 352 g/mol. The number of anilines is 1. The number of rotatable bonds is 3. The Morgan fingerprint density at radius 1 is 1.19 bits per heavy atom. The third kappa shape index (κ3) is 3.30. The van der Waals surface area contributed by atoms with Gasteiger partial charge in [-0.2, -0.15) is 5.26 Å². The van der Waals surface area contributed by atoms with Crippen LogP contribution in [0.1, 0.15) is 56.9 Å². The van der Waals surface area contributed by atoms with E-state index in [9.17, 15) is 4.79 Å². The van der Waals surface area contributed by atoms with Crippen LogP contribution >= 0.6 is 0 Å². The maximum Gasteiger partial charge on any atom is 0.230 e. The van der Waals surface area contributed by atoms with Crippen molar-refractivity contribution in [2.24, 2.45) is 11.3 Å². The molecule has 4 rings (SSSR count). The van der Waals surface area contributed by atoms with Crippen LogP contribution < -0.4 is 4.90 Å². The Bertz CT molecular complexity index is 706. The van der Waals surface area contributed by atoms with Crippen molar-refractivity contribution in [2.75, 3.05) is 31.1 Å². The summed E-state index contributed by atoms with van der Waals surface area (Å²) in [4.78, 5) is 22.2. The minimum atomic E-state index is -0.239. The van der Waals surface area contributed by atoms with Gasteiger partial charge in [0.25, 0.3) is 0 Å². The fourth-order valence-electron chi connectivity index (χ4n) is 5.12. The summed E-state index contributed by atoms with van der Waals surface area (Å²) in [6, 6.07) is 5.75. The Kier molecular flexibility index (Phi) is 4.84. The topological polar surface area (TPSA) is 60.2 Å². The van der Waals surface area contributed by atoms with Crippen molar-refractivity contribution in [3.63, 3.8) is 0 Å². The lowest BCUT2D eigenvalue weighted by Gasteiger charge is -2.41. The highest BCUT2D eigenvalue weighted by molar-refractivity contribution is 5.85. The van der Waals surface area contributed by atoms with Crippen molar-refractivity contribution >= 4 is 11.7 Å². The van der Waals surface area contributed by atoms with E-state index in [2.05, 4.69) is 20.9 Å². The fraction of sp³-hybridized carbons (Fsp3) is 0.667. The lowest BCUT2D eigenvalue weighted by atomic mass is 9.77. The lowest BCUT2D eigenvalue weighted by Crippen LogP contribution is -2.51. The second-order valence-corrected chi connectivity index (χ2v) is 8.33. The second-order valence-electron chi connectivity index (χ2n) is 8.33. The number of nitriles is 1. The van der Waals surface area contributed by atoms with Gasteiger partial charge < -0.3 is 9.80 Å². The summed E-state index contributed by atoms with van der Waals surface area (Å²) in [5.41, 5.74) is 0.391. The van der Waals surface area contributed by atoms with Gasteiger partial charge >= 0.3 is 0 Å². The Morgan fingerprint density at radius 2 is 2.04 bits per heavy atom. The Balaban J connectivity index is 1.46. The second kappa shape index (κ2) is 7.26. The van der Waals surface area contributed by atoms with Gasteiger partial charge in [0.2, 0.25) is 5.91 Å². The standard InChI is InChI=1S/C21H28N4O/c22-14-18-7-10-23-19(13-18)25-12-9-21(16-25)8-4-11-24(20(21)26)15-17-5-2-1-3-6-17/h7,10,13,17H,1-6,8-9,11-12,15-16H2. The molecule has 0 aromatic carbocycles. The van der Waals surface area contributed by atoms with Crippen LogP contribution in [0.4, 0.5) is 5.82 Å². The van der Waals surface area contributed by atoms with Crippen molar-refractivity contribution in [3.8, 4) is 6.07 Å². The molecule has 1 amide bonds. The highest BCUT2D eigenvalue weighted by Gasteiger charge is 2.48. The molecular formula is C21H28N4O. The fourth-order valence-corrected chi connectivity index (χ4v) is 5.12. The predicted molar refractivity (Wildman–Crippen MR) is 101 cm³/mol. The van der Waals surface area contributed by atoms with Gasteiger partial charge in [0.15, 0.2) is 0 Å². The molecule has 1 aromatic rings. The van der Waals surface area contributed by atoms with Crippen LogP contribution in [0.2, 0.25) is 0 Å². The zero-order valence-corrected chi connectivity index (χ0v) is 15.5. The maximum atomic E-state index is 13.3. The van der Waals surface area contributed by atoms with Gasteiger partial charge in [0, 0.05) is 32.4 Å². The molecule has 1 unspecified atom stereocenters. The SMILES string of the molecule is N#Cc1ccnc(N2CCC3(CCCN(CC4CCCCC4)C3=O)C2)c1. The molecule has 0 bridgehead atoms. The third-order valence-corrected chi connectivity index (χ3v) is 6.58. The van der Waals surface area contributed by atoms with Crippen LogP contribution in [0.25, 0.3) is 0 Å². The van der Waals surface area contributed by atoms with Crippen molar-refractivity contribution < 1.29 is 4.79 Å².